The van der Waals surface area contributed by atoms with Crippen LogP contribution < -0.4 is 4.74 Å². The number of hydrogen-bond donors (Lipinski definition) is 5. The number of methoxy groups -OCH3 is 3. The van der Waals surface area contributed by atoms with E-state index in [9.17, 15) is 35.1 Å². The number of carbonyl (C=O) groups excluding carboxylic acids is 2. The number of aliphatic hydroxyl groups is 3. The molecule has 2 bridgehead atoms. The number of rotatable bonds is 6. The predicted octanol–water partition coefficient (Wildman–Crippen LogP) is 1.42. The SMILES string of the molecule is CO[C@@H]1[C@H](C)O[C@H](O[C@@H]2C[C@](C)(O)Cc3cc4c(c(O)c32)C(=O)c2c(O)cc3c(c2C4=O)O[C@H]2O[C@@]3(C)[C@H](O)[C@H](N(C)C)[C@@H]2O)[C@H](OC)[C@@]1(C)OC. The van der Waals surface area contributed by atoms with Crippen LogP contribution in [0.25, 0.3) is 0 Å². The Kier molecular flexibility index (Phi) is 8.86. The summed E-state index contributed by atoms with van der Waals surface area (Å²) in [5.41, 5.74) is -4.54. The van der Waals surface area contributed by atoms with Gasteiger partial charge in [0.2, 0.25) is 12.1 Å². The van der Waals surface area contributed by atoms with Crippen LogP contribution in [0.5, 0.6) is 17.2 Å². The molecule has 0 aromatic heterocycles. The van der Waals surface area contributed by atoms with Gasteiger partial charge in [0.15, 0.2) is 12.1 Å². The van der Waals surface area contributed by atoms with E-state index < -0.39 is 101 Å². The Balaban J connectivity index is 1.34. The Bertz CT molecular complexity index is 1830. The quantitative estimate of drug-likeness (QED) is 0.244. The number of phenols is 2. The van der Waals surface area contributed by atoms with Gasteiger partial charge in [-0.1, -0.05) is 0 Å². The third kappa shape index (κ3) is 5.09. The van der Waals surface area contributed by atoms with E-state index in [0.717, 1.165) is 0 Å². The van der Waals surface area contributed by atoms with Gasteiger partial charge in [0.05, 0.1) is 40.5 Å². The second-order valence-electron chi connectivity index (χ2n) is 15.4. The monoisotopic (exact) mass is 729 g/mol. The van der Waals surface area contributed by atoms with Gasteiger partial charge in [0.1, 0.15) is 52.9 Å². The summed E-state index contributed by atoms with van der Waals surface area (Å²) in [5, 5.41) is 57.4. The molecule has 15 nitrogen and oxygen atoms in total. The molecule has 0 spiro atoms. The standard InChI is InChI=1S/C37H47NO14/c1-14-31(46-7)37(4,48-9)32(47-8)34(49-14)50-19-13-35(2,45)12-15-10-16-21(26(41)20(15)19)27(42)22-18(39)11-17-29(23(22)25(16)40)51-33-28(43)24(38(5)6)30(44)36(17,3)52-33/h10-11,14,19,24,28,30-34,39,41,43-45H,12-13H2,1-9H3/t14-,19+,24+,28-,30+,31+,32-,33-,34+,35+,36+,37-/m0/s1. The van der Waals surface area contributed by atoms with Crippen LogP contribution in [0.2, 0.25) is 0 Å². The molecule has 3 heterocycles. The first kappa shape index (κ1) is 37.1. The first-order valence-electron chi connectivity index (χ1n) is 17.2. The number of likely N-dealkylation sites (N-methyl/N-ethyl adjacent to an activating group) is 1. The Morgan fingerprint density at radius 2 is 1.62 bits per heavy atom. The Morgan fingerprint density at radius 1 is 0.942 bits per heavy atom. The molecule has 5 aliphatic rings. The molecule has 0 radical (unpaired) electrons. The molecule has 5 N–H and O–H groups in total. The molecular weight excluding hydrogens is 682 g/mol. The van der Waals surface area contributed by atoms with Crippen LogP contribution in [0.4, 0.5) is 0 Å². The van der Waals surface area contributed by atoms with Crippen LogP contribution in [0.3, 0.4) is 0 Å². The fourth-order valence-electron chi connectivity index (χ4n) is 9.20. The lowest BCUT2D eigenvalue weighted by Crippen LogP contribution is -2.68. The predicted molar refractivity (Wildman–Crippen MR) is 180 cm³/mol. The molecule has 2 saturated heterocycles. The molecule has 2 aromatic carbocycles. The van der Waals surface area contributed by atoms with Crippen molar-refractivity contribution in [3.8, 4) is 17.2 Å². The maximum absolute atomic E-state index is 14.5. The molecule has 284 valence electrons. The smallest absolute Gasteiger partial charge is 0.228 e. The van der Waals surface area contributed by atoms with E-state index in [0.29, 0.717) is 5.56 Å². The number of aromatic hydroxyl groups is 2. The second-order valence-corrected chi connectivity index (χ2v) is 15.4. The van der Waals surface area contributed by atoms with E-state index >= 15 is 0 Å². The third-order valence-corrected chi connectivity index (χ3v) is 11.8. The lowest BCUT2D eigenvalue weighted by molar-refractivity contribution is -0.345. The molecule has 52 heavy (non-hydrogen) atoms. The molecule has 15 heteroatoms. The highest BCUT2D eigenvalue weighted by Crippen LogP contribution is 2.55. The van der Waals surface area contributed by atoms with Crippen LogP contribution in [-0.2, 0) is 40.4 Å². The van der Waals surface area contributed by atoms with Crippen LogP contribution >= 0.6 is 0 Å². The highest BCUT2D eigenvalue weighted by atomic mass is 16.7. The van der Waals surface area contributed by atoms with Crippen molar-refractivity contribution in [2.75, 3.05) is 35.4 Å². The summed E-state index contributed by atoms with van der Waals surface area (Å²) >= 11 is 0. The highest BCUT2D eigenvalue weighted by Gasteiger charge is 2.60. The zero-order valence-corrected chi connectivity index (χ0v) is 30.6. The van der Waals surface area contributed by atoms with Gasteiger partial charge in [-0.05, 0) is 59.5 Å². The summed E-state index contributed by atoms with van der Waals surface area (Å²) in [4.78, 5) is 30.6. The van der Waals surface area contributed by atoms with Crippen molar-refractivity contribution in [1.29, 1.82) is 0 Å². The zero-order chi connectivity index (χ0) is 38.0. The normalized spacial score (nSPS) is 39.4. The van der Waals surface area contributed by atoms with E-state index in [1.165, 1.54) is 33.5 Å². The van der Waals surface area contributed by atoms with E-state index in [1.807, 2.05) is 6.92 Å². The summed E-state index contributed by atoms with van der Waals surface area (Å²) < 4.78 is 42.2. The number of aliphatic hydroxyl groups excluding tert-OH is 2. The summed E-state index contributed by atoms with van der Waals surface area (Å²) in [5.74, 6) is -2.85. The molecule has 7 rings (SSSR count). The summed E-state index contributed by atoms with van der Waals surface area (Å²) in [6.07, 6.45) is -8.03. The number of carbonyl (C=O) groups is 2. The molecule has 3 aliphatic heterocycles. The summed E-state index contributed by atoms with van der Waals surface area (Å²) in [6.45, 7) is 6.76. The number of ether oxygens (including phenoxy) is 7. The van der Waals surface area contributed by atoms with Gasteiger partial charge in [-0.15, -0.1) is 0 Å². The third-order valence-electron chi connectivity index (χ3n) is 11.8. The largest absolute Gasteiger partial charge is 0.507 e. The van der Waals surface area contributed by atoms with E-state index in [1.54, 1.807) is 39.8 Å². The van der Waals surface area contributed by atoms with Crippen molar-refractivity contribution in [3.05, 3.63) is 51.1 Å². The number of fused-ring (bicyclic) bond motifs is 8. The molecule has 2 aromatic rings. The van der Waals surface area contributed by atoms with Crippen molar-refractivity contribution in [2.45, 2.75) is 113 Å². The van der Waals surface area contributed by atoms with Gasteiger partial charge < -0.3 is 63.6 Å². The van der Waals surface area contributed by atoms with Crippen molar-refractivity contribution in [3.63, 3.8) is 0 Å². The van der Waals surface area contributed by atoms with Crippen molar-refractivity contribution >= 4 is 11.6 Å². The maximum atomic E-state index is 14.5. The van der Waals surface area contributed by atoms with Crippen LogP contribution in [0, 0.1) is 0 Å². The average molecular weight is 730 g/mol. The summed E-state index contributed by atoms with van der Waals surface area (Å²) in [6, 6.07) is 1.82. The van der Waals surface area contributed by atoms with E-state index in [-0.39, 0.29) is 46.4 Å². The van der Waals surface area contributed by atoms with Crippen LogP contribution in [-0.4, -0.2) is 138 Å². The number of benzene rings is 2. The minimum Gasteiger partial charge on any atom is -0.507 e. The van der Waals surface area contributed by atoms with E-state index in [2.05, 4.69) is 0 Å². The number of ketones is 2. The number of hydrogen-bond acceptors (Lipinski definition) is 15. The van der Waals surface area contributed by atoms with Crippen molar-refractivity contribution in [2.24, 2.45) is 0 Å². The fourth-order valence-corrected chi connectivity index (χ4v) is 9.20. The number of phenolic OH excluding ortho intramolecular Hbond substituents is 2. The topological polar surface area (TPSA) is 203 Å². The highest BCUT2D eigenvalue weighted by molar-refractivity contribution is 6.31. The molecule has 0 amide bonds. The fraction of sp³-hybridized carbons (Fsp3) is 0.622. The van der Waals surface area contributed by atoms with Crippen LogP contribution in [0.15, 0.2) is 12.1 Å². The Morgan fingerprint density at radius 3 is 2.23 bits per heavy atom. The zero-order valence-electron chi connectivity index (χ0n) is 30.6. The second kappa shape index (κ2) is 12.4. The minimum absolute atomic E-state index is 0.00146. The molecule has 2 aliphatic carbocycles. The van der Waals surface area contributed by atoms with Gasteiger partial charge in [0.25, 0.3) is 0 Å². The van der Waals surface area contributed by atoms with Crippen LogP contribution in [0.1, 0.15) is 88.8 Å². The lowest BCUT2D eigenvalue weighted by Gasteiger charge is -2.53. The van der Waals surface area contributed by atoms with Gasteiger partial charge >= 0.3 is 0 Å². The number of nitrogens with zero attached hydrogens (tertiary/aromatic N) is 1. The molecule has 2 fully saturated rings. The molecular formula is C37H47NO14. The molecule has 0 unspecified atom stereocenters. The molecule has 0 saturated carbocycles. The first-order valence-corrected chi connectivity index (χ1v) is 17.2. The van der Waals surface area contributed by atoms with Crippen molar-refractivity contribution in [1.82, 2.24) is 4.90 Å². The van der Waals surface area contributed by atoms with Gasteiger partial charge in [0, 0.05) is 50.9 Å². The minimum atomic E-state index is -1.55. The van der Waals surface area contributed by atoms with Crippen molar-refractivity contribution < 1.29 is 68.3 Å². The summed E-state index contributed by atoms with van der Waals surface area (Å²) in [7, 11) is 7.89. The maximum Gasteiger partial charge on any atom is 0.228 e. The Labute approximate surface area is 300 Å². The van der Waals surface area contributed by atoms with Gasteiger partial charge in [-0.2, -0.15) is 0 Å². The van der Waals surface area contributed by atoms with E-state index in [4.69, 9.17) is 33.2 Å². The first-order chi connectivity index (χ1) is 24.3. The average Bonchev–Trinajstić information content (AvgIpc) is 3.05. The van der Waals surface area contributed by atoms with Gasteiger partial charge in [-0.25, -0.2) is 0 Å². The van der Waals surface area contributed by atoms with Gasteiger partial charge in [-0.3, -0.25) is 9.59 Å². The molecule has 12 atom stereocenters. The lowest BCUT2D eigenvalue weighted by atomic mass is 9.72. The Hall–Kier alpha value is -3.22.